The Labute approximate surface area is 171 Å². The third kappa shape index (κ3) is 3.64. The molecule has 2 aromatic heterocycles. The smallest absolute Gasteiger partial charge is 0.347 e. The maximum absolute atomic E-state index is 11.4. The van der Waals surface area contributed by atoms with E-state index in [0.29, 0.717) is 28.0 Å². The number of thiazole rings is 1. The van der Waals surface area contributed by atoms with Crippen LogP contribution in [-0.2, 0) is 0 Å². The van der Waals surface area contributed by atoms with Gasteiger partial charge in [-0.25, -0.2) is 9.78 Å². The number of ether oxygens (including phenoxy) is 1. The second-order valence-electron chi connectivity index (χ2n) is 6.56. The van der Waals surface area contributed by atoms with Crippen LogP contribution in [-0.4, -0.2) is 21.2 Å². The number of aromatic nitrogens is 2. The van der Waals surface area contributed by atoms with Gasteiger partial charge >= 0.3 is 5.97 Å². The van der Waals surface area contributed by atoms with Crippen molar-refractivity contribution >= 4 is 17.3 Å². The van der Waals surface area contributed by atoms with E-state index in [1.165, 1.54) is 0 Å². The van der Waals surface area contributed by atoms with Gasteiger partial charge in [0.05, 0.1) is 17.0 Å². The second-order valence-corrected chi connectivity index (χ2v) is 7.56. The molecule has 0 radical (unpaired) electrons. The Morgan fingerprint density at radius 2 is 1.83 bits per heavy atom. The first-order chi connectivity index (χ1) is 13.9. The lowest BCUT2D eigenvalue weighted by Crippen LogP contribution is -1.94. The number of rotatable bonds is 5. The van der Waals surface area contributed by atoms with Gasteiger partial charge in [-0.1, -0.05) is 23.4 Å². The standard InChI is InChI=1S/C22H18N2O4S/c1-12-19(14(3)28-24-12)17-11-15(21-23-13(2)20(29-21)22(25)26)9-10-18(17)27-16-7-5-4-6-8-16/h4-11H,1-3H3,(H,25,26). The molecule has 2 aromatic carbocycles. The molecular weight excluding hydrogens is 388 g/mol. The number of aromatic carboxylic acids is 1. The van der Waals surface area contributed by atoms with Gasteiger partial charge in [0.25, 0.3) is 0 Å². The number of nitrogens with zero attached hydrogens (tertiary/aromatic N) is 2. The molecule has 2 heterocycles. The molecule has 0 aliphatic rings. The van der Waals surface area contributed by atoms with Crippen LogP contribution in [0.25, 0.3) is 21.7 Å². The zero-order chi connectivity index (χ0) is 20.5. The molecule has 0 atom stereocenters. The normalized spacial score (nSPS) is 10.9. The molecule has 0 saturated heterocycles. The first kappa shape index (κ1) is 18.9. The van der Waals surface area contributed by atoms with E-state index < -0.39 is 5.97 Å². The Morgan fingerprint density at radius 3 is 2.45 bits per heavy atom. The Hall–Kier alpha value is -3.45. The highest BCUT2D eigenvalue weighted by atomic mass is 32.1. The summed E-state index contributed by atoms with van der Waals surface area (Å²) in [6.45, 7) is 5.43. The minimum Gasteiger partial charge on any atom is -0.477 e. The van der Waals surface area contributed by atoms with Crippen molar-refractivity contribution in [2.24, 2.45) is 0 Å². The lowest BCUT2D eigenvalue weighted by molar-refractivity contribution is 0.0701. The molecule has 0 spiro atoms. The Bertz CT molecular complexity index is 1180. The van der Waals surface area contributed by atoms with Crippen LogP contribution in [0.4, 0.5) is 0 Å². The summed E-state index contributed by atoms with van der Waals surface area (Å²) in [7, 11) is 0. The third-order valence-electron chi connectivity index (χ3n) is 4.49. The SMILES string of the molecule is Cc1nc(-c2ccc(Oc3ccccc3)c(-c3c(C)noc3C)c2)sc1C(=O)O. The molecule has 0 aliphatic heterocycles. The zero-order valence-electron chi connectivity index (χ0n) is 16.1. The fourth-order valence-electron chi connectivity index (χ4n) is 3.15. The van der Waals surface area contributed by atoms with Crippen molar-refractivity contribution in [3.05, 3.63) is 70.6 Å². The molecule has 1 N–H and O–H groups in total. The van der Waals surface area contributed by atoms with Gasteiger partial charge in [0, 0.05) is 11.1 Å². The zero-order valence-corrected chi connectivity index (χ0v) is 16.9. The number of carbonyl (C=O) groups is 1. The molecule has 0 fully saturated rings. The van der Waals surface area contributed by atoms with Gasteiger partial charge in [-0.15, -0.1) is 11.3 Å². The largest absolute Gasteiger partial charge is 0.477 e. The summed E-state index contributed by atoms with van der Waals surface area (Å²) in [5.41, 5.74) is 3.72. The first-order valence-corrected chi connectivity index (χ1v) is 9.77. The van der Waals surface area contributed by atoms with Crippen LogP contribution in [0.2, 0.25) is 0 Å². The molecule has 0 amide bonds. The van der Waals surface area contributed by atoms with Crippen LogP contribution in [0.15, 0.2) is 53.1 Å². The van der Waals surface area contributed by atoms with Crippen molar-refractivity contribution in [1.82, 2.24) is 10.1 Å². The van der Waals surface area contributed by atoms with Gasteiger partial charge in [0.15, 0.2) is 0 Å². The molecule has 4 aromatic rings. The van der Waals surface area contributed by atoms with Gasteiger partial charge in [-0.05, 0) is 51.1 Å². The van der Waals surface area contributed by atoms with Crippen molar-refractivity contribution < 1.29 is 19.2 Å². The van der Waals surface area contributed by atoms with Crippen LogP contribution >= 0.6 is 11.3 Å². The summed E-state index contributed by atoms with van der Waals surface area (Å²) in [5, 5.41) is 14.0. The van der Waals surface area contributed by atoms with Crippen molar-refractivity contribution in [3.63, 3.8) is 0 Å². The molecule has 4 rings (SSSR count). The third-order valence-corrected chi connectivity index (χ3v) is 5.69. The van der Waals surface area contributed by atoms with Gasteiger partial charge in [-0.3, -0.25) is 0 Å². The molecule has 29 heavy (non-hydrogen) atoms. The van der Waals surface area contributed by atoms with E-state index in [1.54, 1.807) is 6.92 Å². The van der Waals surface area contributed by atoms with Crippen LogP contribution in [0.1, 0.15) is 26.8 Å². The van der Waals surface area contributed by atoms with Gasteiger partial charge in [0.2, 0.25) is 0 Å². The topological polar surface area (TPSA) is 85.5 Å². The van der Waals surface area contributed by atoms with E-state index >= 15 is 0 Å². The monoisotopic (exact) mass is 406 g/mol. The molecule has 0 bridgehead atoms. The fourth-order valence-corrected chi connectivity index (χ4v) is 4.05. The molecule has 7 heteroatoms. The van der Waals surface area contributed by atoms with Crippen molar-refractivity contribution in [3.8, 4) is 33.2 Å². The Balaban J connectivity index is 1.85. The predicted octanol–water partition coefficient (Wildman–Crippen LogP) is 5.88. The van der Waals surface area contributed by atoms with Crippen molar-refractivity contribution in [1.29, 1.82) is 0 Å². The van der Waals surface area contributed by atoms with E-state index in [4.69, 9.17) is 9.26 Å². The molecule has 146 valence electrons. The number of carboxylic acids is 1. The van der Waals surface area contributed by atoms with Crippen molar-refractivity contribution in [2.45, 2.75) is 20.8 Å². The summed E-state index contributed by atoms with van der Waals surface area (Å²) in [6, 6.07) is 15.2. The summed E-state index contributed by atoms with van der Waals surface area (Å²) >= 11 is 1.15. The number of hydrogen-bond donors (Lipinski definition) is 1. The van der Waals surface area contributed by atoms with Crippen LogP contribution in [0.3, 0.4) is 0 Å². The molecule has 0 aliphatic carbocycles. The average molecular weight is 406 g/mol. The van der Waals surface area contributed by atoms with E-state index in [1.807, 2.05) is 62.4 Å². The maximum atomic E-state index is 11.4. The molecule has 0 saturated carbocycles. The second kappa shape index (κ2) is 7.52. The van der Waals surface area contributed by atoms with Gasteiger partial charge in [0.1, 0.15) is 27.1 Å². The van der Waals surface area contributed by atoms with Crippen LogP contribution in [0.5, 0.6) is 11.5 Å². The predicted molar refractivity (Wildman–Crippen MR) is 111 cm³/mol. The Morgan fingerprint density at radius 1 is 1.07 bits per heavy atom. The lowest BCUT2D eigenvalue weighted by Gasteiger charge is -2.12. The highest BCUT2D eigenvalue weighted by Crippen LogP contribution is 2.40. The Kier molecular flexibility index (Phi) is 4.90. The van der Waals surface area contributed by atoms with Crippen LogP contribution in [0, 0.1) is 20.8 Å². The molecule has 6 nitrogen and oxygen atoms in total. The van der Waals surface area contributed by atoms with Crippen LogP contribution < -0.4 is 4.74 Å². The highest BCUT2D eigenvalue weighted by Gasteiger charge is 2.20. The maximum Gasteiger partial charge on any atom is 0.347 e. The van der Waals surface area contributed by atoms with Crippen molar-refractivity contribution in [2.75, 3.05) is 0 Å². The molecule has 0 unspecified atom stereocenters. The number of aryl methyl sites for hydroxylation is 3. The van der Waals surface area contributed by atoms with E-state index in [9.17, 15) is 9.90 Å². The molecular formula is C22H18N2O4S. The first-order valence-electron chi connectivity index (χ1n) is 8.95. The lowest BCUT2D eigenvalue weighted by atomic mass is 10.0. The van der Waals surface area contributed by atoms with E-state index in [0.717, 1.165) is 33.7 Å². The summed E-state index contributed by atoms with van der Waals surface area (Å²) in [6.07, 6.45) is 0. The number of para-hydroxylation sites is 1. The van der Waals surface area contributed by atoms with E-state index in [-0.39, 0.29) is 4.88 Å². The fraction of sp³-hybridized carbons (Fsp3) is 0.136. The number of benzene rings is 2. The minimum absolute atomic E-state index is 0.239. The summed E-state index contributed by atoms with van der Waals surface area (Å²) in [5.74, 6) is 1.08. The number of hydrogen-bond acceptors (Lipinski definition) is 6. The average Bonchev–Trinajstić information content (AvgIpc) is 3.25. The van der Waals surface area contributed by atoms with Gasteiger partial charge < -0.3 is 14.4 Å². The quantitative estimate of drug-likeness (QED) is 0.445. The number of carboxylic acid groups (broad SMARTS) is 1. The highest BCUT2D eigenvalue weighted by molar-refractivity contribution is 7.17. The minimum atomic E-state index is -0.971. The van der Waals surface area contributed by atoms with E-state index in [2.05, 4.69) is 10.1 Å². The summed E-state index contributed by atoms with van der Waals surface area (Å²) < 4.78 is 11.5. The van der Waals surface area contributed by atoms with Gasteiger partial charge in [-0.2, -0.15) is 0 Å². The summed E-state index contributed by atoms with van der Waals surface area (Å²) in [4.78, 5) is 16.1.